The van der Waals surface area contributed by atoms with Gasteiger partial charge in [0.15, 0.2) is 0 Å². The number of hydrogen-bond acceptors (Lipinski definition) is 5. The zero-order valence-corrected chi connectivity index (χ0v) is 14.3. The molecule has 0 radical (unpaired) electrons. The third-order valence-electron chi connectivity index (χ3n) is 4.21. The molecule has 9 heteroatoms. The van der Waals surface area contributed by atoms with E-state index < -0.39 is 29.2 Å². The Labute approximate surface area is 151 Å². The summed E-state index contributed by atoms with van der Waals surface area (Å²) in [5.74, 6) is -2.02. The van der Waals surface area contributed by atoms with Gasteiger partial charge in [-0.25, -0.2) is 4.79 Å². The zero-order chi connectivity index (χ0) is 19.9. The number of halogens is 3. The number of hydrogen-bond donors (Lipinski definition) is 2. The normalized spacial score (nSPS) is 16.6. The molecule has 0 spiro atoms. The standard InChI is InChI=1S/C18H15F3N2O4/c1-8-7-11-13(16(24)23-8)12(14(15(22)27-11)17(25)26-2)9-3-5-10(6-4-9)18(19,20)21/h3-7,12H,22H2,1-2H3,(H,23,24)/t12-/m1/s1. The first-order chi connectivity index (χ1) is 12.6. The minimum atomic E-state index is -4.51. The predicted molar refractivity (Wildman–Crippen MR) is 88.9 cm³/mol. The highest BCUT2D eigenvalue weighted by molar-refractivity contribution is 5.92. The van der Waals surface area contributed by atoms with Crippen LogP contribution in [0.25, 0.3) is 0 Å². The number of methoxy groups -OCH3 is 1. The molecule has 3 N–H and O–H groups in total. The number of alkyl halides is 3. The summed E-state index contributed by atoms with van der Waals surface area (Å²) in [6, 6.07) is 5.65. The largest absolute Gasteiger partial charge is 0.465 e. The fourth-order valence-electron chi connectivity index (χ4n) is 3.01. The van der Waals surface area contributed by atoms with Crippen LogP contribution in [0.15, 0.2) is 46.6 Å². The highest BCUT2D eigenvalue weighted by Crippen LogP contribution is 2.41. The summed E-state index contributed by atoms with van der Waals surface area (Å²) in [4.78, 5) is 27.4. The van der Waals surface area contributed by atoms with E-state index in [1.54, 1.807) is 6.92 Å². The number of rotatable bonds is 2. The second-order valence-corrected chi connectivity index (χ2v) is 5.98. The van der Waals surface area contributed by atoms with Gasteiger partial charge in [0.2, 0.25) is 5.88 Å². The molecule has 1 aromatic heterocycles. The number of esters is 1. The van der Waals surface area contributed by atoms with Crippen molar-refractivity contribution >= 4 is 5.97 Å². The molecule has 6 nitrogen and oxygen atoms in total. The van der Waals surface area contributed by atoms with E-state index in [4.69, 9.17) is 15.2 Å². The van der Waals surface area contributed by atoms with E-state index in [1.165, 1.54) is 18.2 Å². The first-order valence-corrected chi connectivity index (χ1v) is 7.80. The molecule has 0 saturated heterocycles. The summed E-state index contributed by atoms with van der Waals surface area (Å²) in [7, 11) is 1.13. The lowest BCUT2D eigenvalue weighted by Crippen LogP contribution is -2.31. The van der Waals surface area contributed by atoms with Crippen LogP contribution in [-0.2, 0) is 15.7 Å². The number of aromatic amines is 1. The van der Waals surface area contributed by atoms with Crippen molar-refractivity contribution in [1.82, 2.24) is 4.98 Å². The van der Waals surface area contributed by atoms with Gasteiger partial charge in [0.25, 0.3) is 5.56 Å². The highest BCUT2D eigenvalue weighted by Gasteiger charge is 2.38. The second-order valence-electron chi connectivity index (χ2n) is 5.98. The quantitative estimate of drug-likeness (QED) is 0.781. The number of H-pyrrole nitrogens is 1. The van der Waals surface area contributed by atoms with Gasteiger partial charge in [-0.15, -0.1) is 0 Å². The molecule has 0 bridgehead atoms. The molecule has 0 aliphatic carbocycles. The molecule has 2 aromatic rings. The number of carbonyl (C=O) groups excluding carboxylic acids is 1. The number of ether oxygens (including phenoxy) is 2. The third kappa shape index (κ3) is 3.27. The fourth-order valence-corrected chi connectivity index (χ4v) is 3.01. The summed E-state index contributed by atoms with van der Waals surface area (Å²) < 4.78 is 48.7. The second kappa shape index (κ2) is 6.49. The first-order valence-electron chi connectivity index (χ1n) is 7.80. The van der Waals surface area contributed by atoms with Crippen LogP contribution in [0.5, 0.6) is 5.75 Å². The number of nitrogens with two attached hydrogens (primary N) is 1. The average Bonchev–Trinajstić information content (AvgIpc) is 2.59. The fraction of sp³-hybridized carbons (Fsp3) is 0.222. The van der Waals surface area contributed by atoms with Crippen LogP contribution < -0.4 is 16.0 Å². The van der Waals surface area contributed by atoms with E-state index in [2.05, 4.69) is 4.98 Å². The van der Waals surface area contributed by atoms with Crippen molar-refractivity contribution in [2.75, 3.05) is 7.11 Å². The van der Waals surface area contributed by atoms with Crippen molar-refractivity contribution < 1.29 is 27.4 Å². The number of fused-ring (bicyclic) bond motifs is 1. The molecule has 0 unspecified atom stereocenters. The lowest BCUT2D eigenvalue weighted by atomic mass is 9.83. The smallest absolute Gasteiger partial charge is 0.416 e. The minimum Gasteiger partial charge on any atom is -0.465 e. The Morgan fingerprint density at radius 1 is 1.26 bits per heavy atom. The van der Waals surface area contributed by atoms with Crippen LogP contribution >= 0.6 is 0 Å². The van der Waals surface area contributed by atoms with Crippen molar-refractivity contribution in [1.29, 1.82) is 0 Å². The number of benzene rings is 1. The Morgan fingerprint density at radius 3 is 2.44 bits per heavy atom. The first kappa shape index (κ1) is 18.6. The molecule has 1 aliphatic heterocycles. The van der Waals surface area contributed by atoms with Gasteiger partial charge in [-0.1, -0.05) is 12.1 Å². The van der Waals surface area contributed by atoms with E-state index in [0.717, 1.165) is 19.2 Å². The molecule has 0 amide bonds. The summed E-state index contributed by atoms with van der Waals surface area (Å²) in [6.07, 6.45) is -4.51. The van der Waals surface area contributed by atoms with Crippen LogP contribution in [0.4, 0.5) is 13.2 Å². The topological polar surface area (TPSA) is 94.4 Å². The molecule has 27 heavy (non-hydrogen) atoms. The Bertz CT molecular complexity index is 991. The van der Waals surface area contributed by atoms with E-state index in [9.17, 15) is 22.8 Å². The van der Waals surface area contributed by atoms with Gasteiger partial charge in [0.05, 0.1) is 24.2 Å². The summed E-state index contributed by atoms with van der Waals surface area (Å²) in [5.41, 5.74) is 5.15. The SMILES string of the molecule is COC(=O)C1=C(N)Oc2cc(C)[nH]c(=O)c2[C@H]1c1ccc(C(F)(F)F)cc1. The van der Waals surface area contributed by atoms with Crippen molar-refractivity contribution in [2.45, 2.75) is 19.0 Å². The van der Waals surface area contributed by atoms with Crippen LogP contribution in [0.3, 0.4) is 0 Å². The Kier molecular flexibility index (Phi) is 4.46. The Morgan fingerprint density at radius 2 is 1.89 bits per heavy atom. The maximum absolute atomic E-state index is 12.9. The summed E-state index contributed by atoms with van der Waals surface area (Å²) >= 11 is 0. The molecule has 2 heterocycles. The highest BCUT2D eigenvalue weighted by atomic mass is 19.4. The van der Waals surface area contributed by atoms with Gasteiger partial charge < -0.3 is 20.2 Å². The van der Waals surface area contributed by atoms with Crippen molar-refractivity contribution in [3.63, 3.8) is 0 Å². The average molecular weight is 380 g/mol. The van der Waals surface area contributed by atoms with E-state index in [0.29, 0.717) is 5.69 Å². The molecule has 3 rings (SSSR count). The Hall–Kier alpha value is -3.23. The molecule has 0 fully saturated rings. The van der Waals surface area contributed by atoms with Crippen LogP contribution in [0, 0.1) is 6.92 Å². The van der Waals surface area contributed by atoms with E-state index in [-0.39, 0.29) is 28.3 Å². The minimum absolute atomic E-state index is 0.0648. The van der Waals surface area contributed by atoms with Crippen LogP contribution in [-0.4, -0.2) is 18.1 Å². The summed E-state index contributed by atoms with van der Waals surface area (Å²) in [5, 5.41) is 0. The predicted octanol–water partition coefficient (Wildman–Crippen LogP) is 2.57. The number of nitrogens with one attached hydrogen (secondary N) is 1. The van der Waals surface area contributed by atoms with Gasteiger partial charge in [-0.05, 0) is 24.6 Å². The maximum Gasteiger partial charge on any atom is 0.416 e. The van der Waals surface area contributed by atoms with Gasteiger partial charge in [0.1, 0.15) is 11.3 Å². The lowest BCUT2D eigenvalue weighted by molar-refractivity contribution is -0.138. The molecule has 1 aromatic carbocycles. The van der Waals surface area contributed by atoms with Gasteiger partial charge in [-0.2, -0.15) is 13.2 Å². The molecule has 0 saturated carbocycles. The van der Waals surface area contributed by atoms with Crippen molar-refractivity contribution in [2.24, 2.45) is 5.73 Å². The van der Waals surface area contributed by atoms with E-state index in [1.807, 2.05) is 0 Å². The molecular formula is C18H15F3N2O4. The Balaban J connectivity index is 2.23. The molecule has 1 aliphatic rings. The lowest BCUT2D eigenvalue weighted by Gasteiger charge is -2.27. The van der Waals surface area contributed by atoms with Gasteiger partial charge >= 0.3 is 12.1 Å². The zero-order valence-electron chi connectivity index (χ0n) is 14.3. The maximum atomic E-state index is 12.9. The third-order valence-corrected chi connectivity index (χ3v) is 4.21. The summed E-state index contributed by atoms with van der Waals surface area (Å²) in [6.45, 7) is 1.63. The van der Waals surface area contributed by atoms with Crippen molar-refractivity contribution in [3.05, 3.63) is 74.5 Å². The number of aryl methyl sites for hydroxylation is 1. The number of pyridine rings is 1. The number of carbonyl (C=O) groups is 1. The van der Waals surface area contributed by atoms with Gasteiger partial charge in [0, 0.05) is 11.8 Å². The van der Waals surface area contributed by atoms with Crippen LogP contribution in [0.1, 0.15) is 28.3 Å². The molecule has 1 atom stereocenters. The number of aromatic nitrogens is 1. The van der Waals surface area contributed by atoms with Gasteiger partial charge in [-0.3, -0.25) is 4.79 Å². The molecule has 142 valence electrons. The van der Waals surface area contributed by atoms with Crippen molar-refractivity contribution in [3.8, 4) is 5.75 Å². The van der Waals surface area contributed by atoms with Crippen LogP contribution in [0.2, 0.25) is 0 Å². The monoisotopic (exact) mass is 380 g/mol. The molecular weight excluding hydrogens is 365 g/mol. The van der Waals surface area contributed by atoms with E-state index >= 15 is 0 Å².